The number of benzene rings is 2. The molecule has 0 fully saturated rings. The third-order valence-electron chi connectivity index (χ3n) is 2.90. The normalized spacial score (nSPS) is 12.5. The van der Waals surface area contributed by atoms with Crippen molar-refractivity contribution in [2.45, 2.75) is 11.8 Å². The predicted molar refractivity (Wildman–Crippen MR) is 81.0 cm³/mol. The fourth-order valence-electron chi connectivity index (χ4n) is 1.80. The Morgan fingerprint density at radius 1 is 1.11 bits per heavy atom. The number of hydrogen-bond donors (Lipinski definition) is 0. The van der Waals surface area contributed by atoms with E-state index in [4.69, 9.17) is 11.6 Å². The van der Waals surface area contributed by atoms with Crippen molar-refractivity contribution in [2.75, 3.05) is 0 Å². The van der Waals surface area contributed by atoms with Crippen LogP contribution < -0.4 is 0 Å². The zero-order valence-electron chi connectivity index (χ0n) is 9.85. The van der Waals surface area contributed by atoms with Crippen molar-refractivity contribution < 1.29 is 8.78 Å². The van der Waals surface area contributed by atoms with Gasteiger partial charge in [-0.2, -0.15) is 0 Å². The molecule has 1 atom stereocenters. The molecule has 2 aromatic rings. The van der Waals surface area contributed by atoms with Crippen LogP contribution in [0.3, 0.4) is 0 Å². The maximum absolute atomic E-state index is 13.9. The van der Waals surface area contributed by atoms with Gasteiger partial charge in [0.25, 0.3) is 0 Å². The lowest BCUT2D eigenvalue weighted by Crippen LogP contribution is -2.00. The standard InChI is InChI=1S/C14H9Br2ClF2/c1-7-8(3-2-4-11(7)17)14(16)9-5-13(19)10(15)6-12(9)18/h2-6,14H,1H3. The van der Waals surface area contributed by atoms with Crippen molar-refractivity contribution in [3.05, 3.63) is 68.2 Å². The Labute approximate surface area is 132 Å². The van der Waals surface area contributed by atoms with Crippen LogP contribution in [-0.4, -0.2) is 0 Å². The van der Waals surface area contributed by atoms with E-state index in [1.807, 2.05) is 13.0 Å². The molecule has 0 aliphatic rings. The molecule has 0 aromatic heterocycles. The summed E-state index contributed by atoms with van der Waals surface area (Å²) < 4.78 is 27.6. The van der Waals surface area contributed by atoms with Crippen LogP contribution in [0.4, 0.5) is 8.78 Å². The van der Waals surface area contributed by atoms with Gasteiger partial charge < -0.3 is 0 Å². The highest BCUT2D eigenvalue weighted by atomic mass is 79.9. The summed E-state index contributed by atoms with van der Waals surface area (Å²) in [6.45, 7) is 1.85. The van der Waals surface area contributed by atoms with Crippen LogP contribution >= 0.6 is 43.5 Å². The third kappa shape index (κ3) is 3.01. The Bertz CT molecular complexity index is 629. The number of alkyl halides is 1. The molecule has 5 heteroatoms. The summed E-state index contributed by atoms with van der Waals surface area (Å²) in [7, 11) is 0. The monoisotopic (exact) mass is 408 g/mol. The van der Waals surface area contributed by atoms with Crippen molar-refractivity contribution in [1.29, 1.82) is 0 Å². The van der Waals surface area contributed by atoms with Crippen LogP contribution in [-0.2, 0) is 0 Å². The molecule has 0 heterocycles. The molecule has 1 unspecified atom stereocenters. The smallest absolute Gasteiger partial charge is 0.137 e. The zero-order chi connectivity index (χ0) is 14.2. The second kappa shape index (κ2) is 5.90. The van der Waals surface area contributed by atoms with E-state index in [0.717, 1.165) is 17.2 Å². The molecule has 0 aliphatic carbocycles. The number of rotatable bonds is 2. The van der Waals surface area contributed by atoms with Gasteiger partial charge in [0.1, 0.15) is 11.6 Å². The van der Waals surface area contributed by atoms with E-state index >= 15 is 0 Å². The van der Waals surface area contributed by atoms with Crippen LogP contribution in [0.5, 0.6) is 0 Å². The first kappa shape index (κ1) is 14.9. The summed E-state index contributed by atoms with van der Waals surface area (Å²) in [6.07, 6.45) is 0. The Balaban J connectivity index is 2.53. The lowest BCUT2D eigenvalue weighted by atomic mass is 10.00. The highest BCUT2D eigenvalue weighted by molar-refractivity contribution is 9.10. The van der Waals surface area contributed by atoms with E-state index in [2.05, 4.69) is 31.9 Å². The first-order valence-corrected chi connectivity index (χ1v) is 7.54. The summed E-state index contributed by atoms with van der Waals surface area (Å²) in [5, 5.41) is 0.597. The van der Waals surface area contributed by atoms with Crippen LogP contribution in [0.1, 0.15) is 21.5 Å². The third-order valence-corrected chi connectivity index (χ3v) is 4.90. The lowest BCUT2D eigenvalue weighted by Gasteiger charge is -2.15. The SMILES string of the molecule is Cc1c(Cl)cccc1C(Br)c1cc(F)c(Br)cc1F. The predicted octanol–water partition coefficient (Wildman–Crippen LogP) is 6.17. The first-order valence-electron chi connectivity index (χ1n) is 5.45. The first-order chi connectivity index (χ1) is 8.91. The molecule has 0 spiro atoms. The van der Waals surface area contributed by atoms with E-state index in [9.17, 15) is 8.78 Å². The maximum Gasteiger partial charge on any atom is 0.137 e. The minimum Gasteiger partial charge on any atom is -0.207 e. The molecule has 0 N–H and O–H groups in total. The van der Waals surface area contributed by atoms with Crippen LogP contribution in [0, 0.1) is 18.6 Å². The van der Waals surface area contributed by atoms with E-state index in [1.54, 1.807) is 12.1 Å². The van der Waals surface area contributed by atoms with Gasteiger partial charge in [-0.05, 0) is 52.2 Å². The number of halogens is 5. The second-order valence-electron chi connectivity index (χ2n) is 4.10. The van der Waals surface area contributed by atoms with E-state index < -0.39 is 16.5 Å². The zero-order valence-corrected chi connectivity index (χ0v) is 13.8. The van der Waals surface area contributed by atoms with Crippen LogP contribution in [0.15, 0.2) is 34.8 Å². The summed E-state index contributed by atoms with van der Waals surface area (Å²) >= 11 is 12.4. The molecular formula is C14H9Br2ClF2. The van der Waals surface area contributed by atoms with Crippen LogP contribution in [0.25, 0.3) is 0 Å². The fourth-order valence-corrected chi connectivity index (χ4v) is 3.14. The minimum atomic E-state index is -0.500. The summed E-state index contributed by atoms with van der Waals surface area (Å²) in [5.74, 6) is -0.977. The minimum absolute atomic E-state index is 0.108. The highest BCUT2D eigenvalue weighted by Crippen LogP contribution is 2.37. The van der Waals surface area contributed by atoms with E-state index in [0.29, 0.717) is 5.02 Å². The Hall–Kier alpha value is -0.450. The van der Waals surface area contributed by atoms with Crippen molar-refractivity contribution in [1.82, 2.24) is 0 Å². The van der Waals surface area contributed by atoms with Gasteiger partial charge >= 0.3 is 0 Å². The molecule has 0 bridgehead atoms. The molecule has 0 nitrogen and oxygen atoms in total. The molecule has 0 aliphatic heterocycles. The second-order valence-corrected chi connectivity index (χ2v) is 6.28. The van der Waals surface area contributed by atoms with E-state index in [1.165, 1.54) is 6.07 Å². The number of hydrogen-bond acceptors (Lipinski definition) is 0. The van der Waals surface area contributed by atoms with Gasteiger partial charge in [0.15, 0.2) is 0 Å². The van der Waals surface area contributed by atoms with Crippen molar-refractivity contribution in [3.63, 3.8) is 0 Å². The van der Waals surface area contributed by atoms with Crippen LogP contribution in [0.2, 0.25) is 5.02 Å². The maximum atomic E-state index is 13.9. The molecular weight excluding hydrogens is 401 g/mol. The molecule has 0 saturated carbocycles. The quantitative estimate of drug-likeness (QED) is 0.410. The van der Waals surface area contributed by atoms with Gasteiger partial charge in [0, 0.05) is 10.6 Å². The molecule has 19 heavy (non-hydrogen) atoms. The van der Waals surface area contributed by atoms with Gasteiger partial charge in [-0.15, -0.1) is 0 Å². The van der Waals surface area contributed by atoms with Gasteiger partial charge in [-0.25, -0.2) is 8.78 Å². The van der Waals surface area contributed by atoms with Crippen molar-refractivity contribution >= 4 is 43.5 Å². The summed E-state index contributed by atoms with van der Waals surface area (Å²) in [6, 6.07) is 7.68. The van der Waals surface area contributed by atoms with Crippen molar-refractivity contribution in [2.24, 2.45) is 0 Å². The average molecular weight is 410 g/mol. The van der Waals surface area contributed by atoms with Gasteiger partial charge in [0.2, 0.25) is 0 Å². The molecule has 2 aromatic carbocycles. The molecule has 0 saturated heterocycles. The largest absolute Gasteiger partial charge is 0.207 e. The Morgan fingerprint density at radius 3 is 2.47 bits per heavy atom. The summed E-state index contributed by atoms with van der Waals surface area (Å²) in [4.78, 5) is -0.450. The molecule has 2 rings (SSSR count). The topological polar surface area (TPSA) is 0 Å². The average Bonchev–Trinajstić information content (AvgIpc) is 2.36. The fraction of sp³-hybridized carbons (Fsp3) is 0.143. The van der Waals surface area contributed by atoms with Gasteiger partial charge in [0.05, 0.1) is 9.30 Å². The Kier molecular flexibility index (Phi) is 4.64. The lowest BCUT2D eigenvalue weighted by molar-refractivity contribution is 0.583. The summed E-state index contributed by atoms with van der Waals surface area (Å²) in [5.41, 5.74) is 1.90. The van der Waals surface area contributed by atoms with Gasteiger partial charge in [-0.1, -0.05) is 39.7 Å². The highest BCUT2D eigenvalue weighted by Gasteiger charge is 2.19. The van der Waals surface area contributed by atoms with Crippen molar-refractivity contribution in [3.8, 4) is 0 Å². The molecule has 0 radical (unpaired) electrons. The van der Waals surface area contributed by atoms with Gasteiger partial charge in [-0.3, -0.25) is 0 Å². The molecule has 0 amide bonds. The van der Waals surface area contributed by atoms with E-state index in [-0.39, 0.29) is 10.0 Å². The molecule has 100 valence electrons. The Morgan fingerprint density at radius 2 is 1.79 bits per heavy atom.